The second-order valence-corrected chi connectivity index (χ2v) is 19.2. The molecule has 73 heavy (non-hydrogen) atoms. The maximum atomic E-state index is 17.4. The lowest BCUT2D eigenvalue weighted by molar-refractivity contribution is -0.137. The number of benzene rings is 10. The first kappa shape index (κ1) is 45.2. The molecule has 0 saturated heterocycles. The van der Waals surface area contributed by atoms with E-state index in [1.54, 1.807) is 12.1 Å². The van der Waals surface area contributed by atoms with Gasteiger partial charge in [0.25, 0.3) is 0 Å². The molecule has 0 spiro atoms. The van der Waals surface area contributed by atoms with Crippen LogP contribution in [0.15, 0.2) is 200 Å². The number of aromatic nitrogens is 2. The normalized spacial score (nSPS) is 11.8. The van der Waals surface area contributed by atoms with Crippen molar-refractivity contribution >= 4 is 43.6 Å². The predicted octanol–water partition coefficient (Wildman–Crippen LogP) is 18.5. The van der Waals surface area contributed by atoms with Crippen molar-refractivity contribution in [3.8, 4) is 73.1 Å². The molecule has 0 unspecified atom stereocenters. The van der Waals surface area contributed by atoms with E-state index < -0.39 is 23.1 Å². The number of nitriles is 1. The van der Waals surface area contributed by atoms with Gasteiger partial charge in [-0.25, -0.2) is 4.39 Å². The Balaban J connectivity index is 1.28. The van der Waals surface area contributed by atoms with Gasteiger partial charge in [-0.15, -0.1) is 0 Å². The van der Waals surface area contributed by atoms with Crippen LogP contribution >= 0.6 is 0 Å². The molecule has 0 N–H and O–H groups in total. The van der Waals surface area contributed by atoms with Gasteiger partial charge in [0.1, 0.15) is 5.82 Å². The predicted molar refractivity (Wildman–Crippen MR) is 291 cm³/mol. The summed E-state index contributed by atoms with van der Waals surface area (Å²) in [5, 5.41) is 14.5. The summed E-state index contributed by atoms with van der Waals surface area (Å²) >= 11 is 0. The zero-order valence-corrected chi connectivity index (χ0v) is 40.4. The number of hydrogen-bond donors (Lipinski definition) is 0. The van der Waals surface area contributed by atoms with Gasteiger partial charge in [-0.05, 0) is 121 Å². The topological polar surface area (TPSA) is 33.6 Å². The molecule has 10 aromatic carbocycles. The number of aryl methyl sites for hydroxylation is 4. The maximum Gasteiger partial charge on any atom is 0.417 e. The Labute approximate surface area is 420 Å². The molecule has 2 aromatic heterocycles. The summed E-state index contributed by atoms with van der Waals surface area (Å²) in [7, 11) is 0. The van der Waals surface area contributed by atoms with Gasteiger partial charge >= 0.3 is 6.18 Å². The van der Waals surface area contributed by atoms with Crippen molar-refractivity contribution in [2.45, 2.75) is 33.9 Å². The highest BCUT2D eigenvalue weighted by Crippen LogP contribution is 2.49. The van der Waals surface area contributed by atoms with Crippen molar-refractivity contribution in [1.29, 1.82) is 5.26 Å². The Morgan fingerprint density at radius 1 is 0.370 bits per heavy atom. The fraction of sp³-hybridized carbons (Fsp3) is 0.0758. The molecule has 0 atom stereocenters. The maximum absolute atomic E-state index is 17.4. The minimum Gasteiger partial charge on any atom is -0.308 e. The van der Waals surface area contributed by atoms with Crippen molar-refractivity contribution in [2.75, 3.05) is 0 Å². The lowest BCUT2D eigenvalue weighted by Crippen LogP contribution is -2.12. The van der Waals surface area contributed by atoms with E-state index in [4.69, 9.17) is 0 Å². The van der Waals surface area contributed by atoms with E-state index in [-0.39, 0.29) is 22.5 Å². The summed E-state index contributed by atoms with van der Waals surface area (Å²) in [5.74, 6) is -1.05. The van der Waals surface area contributed by atoms with Crippen LogP contribution in [0.1, 0.15) is 33.4 Å². The van der Waals surface area contributed by atoms with E-state index in [1.807, 2.05) is 182 Å². The minimum atomic E-state index is -4.98. The van der Waals surface area contributed by atoms with Crippen molar-refractivity contribution in [2.24, 2.45) is 0 Å². The first-order valence-electron chi connectivity index (χ1n) is 24.2. The number of alkyl halides is 3. The molecule has 0 fully saturated rings. The van der Waals surface area contributed by atoms with Gasteiger partial charge < -0.3 is 9.13 Å². The second-order valence-electron chi connectivity index (χ2n) is 19.2. The highest BCUT2D eigenvalue weighted by Gasteiger charge is 2.37. The monoisotopic (exact) mass is 955 g/mol. The van der Waals surface area contributed by atoms with E-state index in [2.05, 4.69) is 30.3 Å². The lowest BCUT2D eigenvalue weighted by Gasteiger charge is -2.24. The van der Waals surface area contributed by atoms with Crippen molar-refractivity contribution < 1.29 is 17.6 Å². The van der Waals surface area contributed by atoms with Gasteiger partial charge in [0, 0.05) is 32.7 Å². The third-order valence-corrected chi connectivity index (χ3v) is 14.4. The first-order chi connectivity index (χ1) is 35.3. The molecule has 0 saturated carbocycles. The van der Waals surface area contributed by atoms with Gasteiger partial charge in [0.05, 0.1) is 50.6 Å². The molecule has 7 heteroatoms. The fourth-order valence-electron chi connectivity index (χ4n) is 10.6. The third-order valence-electron chi connectivity index (χ3n) is 14.4. The number of fused-ring (bicyclic) bond motifs is 6. The van der Waals surface area contributed by atoms with Crippen molar-refractivity contribution in [3.63, 3.8) is 0 Å². The van der Waals surface area contributed by atoms with E-state index in [0.717, 1.165) is 107 Å². The molecular formula is C66H45F4N3. The largest absolute Gasteiger partial charge is 0.417 e. The molecule has 12 rings (SSSR count). The van der Waals surface area contributed by atoms with Crippen LogP contribution in [0, 0.1) is 44.8 Å². The summed E-state index contributed by atoms with van der Waals surface area (Å²) < 4.78 is 68.9. The smallest absolute Gasteiger partial charge is 0.308 e. The average Bonchev–Trinajstić information content (AvgIpc) is 3.90. The Hall–Kier alpha value is -8.99. The Kier molecular flexibility index (Phi) is 10.8. The Morgan fingerprint density at radius 3 is 0.959 bits per heavy atom. The van der Waals surface area contributed by atoms with Gasteiger partial charge in [-0.3, -0.25) is 0 Å². The standard InChI is InChI=1S/C66H45F4N3/c1-39-8-16-44(17-9-39)48-24-28-52-53-29-25-49(45-18-10-40(2)11-19-45)35-59(53)72(58(52)34-48)62-32-43(38-71)33-63(65(62)64-56(66(68,69)70)6-5-7-57(64)67)73-60-36-50(46-20-12-41(3)13-21-46)26-30-54(60)55-31-27-51(37-61(55)73)47-22-14-42(4)15-23-47/h5-37H,1-4H3. The average molecular weight is 956 g/mol. The van der Waals surface area contributed by atoms with Crippen LogP contribution in [0.3, 0.4) is 0 Å². The minimum absolute atomic E-state index is 0.0232. The summed E-state index contributed by atoms with van der Waals surface area (Å²) in [6, 6.07) is 66.0. The molecule has 3 nitrogen and oxygen atoms in total. The second kappa shape index (κ2) is 17.4. The van der Waals surface area contributed by atoms with Crippen molar-refractivity contribution in [1.82, 2.24) is 9.13 Å². The summed E-state index contributed by atoms with van der Waals surface area (Å²) in [4.78, 5) is 0. The molecule has 0 aliphatic rings. The molecule has 0 aliphatic heterocycles. The van der Waals surface area contributed by atoms with Crippen LogP contribution in [0.25, 0.3) is 111 Å². The van der Waals surface area contributed by atoms with Gasteiger partial charge in [-0.2, -0.15) is 18.4 Å². The van der Waals surface area contributed by atoms with Crippen LogP contribution in [-0.4, -0.2) is 9.13 Å². The molecular weight excluding hydrogens is 911 g/mol. The van der Waals surface area contributed by atoms with Crippen LogP contribution < -0.4 is 0 Å². The number of nitrogens with zero attached hydrogens (tertiary/aromatic N) is 3. The van der Waals surface area contributed by atoms with E-state index >= 15 is 17.6 Å². The van der Waals surface area contributed by atoms with Crippen LogP contribution in [-0.2, 0) is 6.18 Å². The van der Waals surface area contributed by atoms with Gasteiger partial charge in [-0.1, -0.05) is 174 Å². The third kappa shape index (κ3) is 7.84. The molecule has 0 radical (unpaired) electrons. The quantitative estimate of drug-likeness (QED) is 0.147. The SMILES string of the molecule is Cc1ccc(-c2ccc3c4ccc(-c5ccc(C)cc5)cc4n(-c4cc(C#N)cc(-n5c6cc(-c7ccc(C)cc7)ccc6c6ccc(-c7ccc(C)cc7)cc65)c4-c4c(F)cccc4C(F)(F)F)c3c2)cc1. The van der Waals surface area contributed by atoms with Gasteiger partial charge in [0.15, 0.2) is 0 Å². The number of hydrogen-bond acceptors (Lipinski definition) is 1. The van der Waals surface area contributed by atoms with E-state index in [0.29, 0.717) is 22.1 Å². The molecule has 352 valence electrons. The highest BCUT2D eigenvalue weighted by molar-refractivity contribution is 6.14. The zero-order chi connectivity index (χ0) is 50.3. The molecule has 0 bridgehead atoms. The van der Waals surface area contributed by atoms with Crippen LogP contribution in [0.4, 0.5) is 17.6 Å². The van der Waals surface area contributed by atoms with Crippen molar-refractivity contribution in [3.05, 3.63) is 239 Å². The van der Waals surface area contributed by atoms with Gasteiger partial charge in [0.2, 0.25) is 0 Å². The molecule has 0 aliphatic carbocycles. The lowest BCUT2D eigenvalue weighted by atomic mass is 9.93. The first-order valence-corrected chi connectivity index (χ1v) is 24.2. The van der Waals surface area contributed by atoms with E-state index in [1.165, 1.54) is 0 Å². The summed E-state index contributed by atoms with van der Waals surface area (Å²) in [5.41, 5.74) is 13.2. The van der Waals surface area contributed by atoms with Crippen LogP contribution in [0.2, 0.25) is 0 Å². The fourth-order valence-corrected chi connectivity index (χ4v) is 10.6. The zero-order valence-electron chi connectivity index (χ0n) is 40.4. The Bertz CT molecular complexity index is 3770. The summed E-state index contributed by atoms with van der Waals surface area (Å²) in [6.07, 6.45) is -4.98. The summed E-state index contributed by atoms with van der Waals surface area (Å²) in [6.45, 7) is 8.11. The van der Waals surface area contributed by atoms with Crippen LogP contribution in [0.5, 0.6) is 0 Å². The molecule has 0 amide bonds. The molecule has 12 aromatic rings. The number of rotatable bonds is 7. The highest BCUT2D eigenvalue weighted by atomic mass is 19.4. The number of halogens is 4. The molecule has 2 heterocycles. The Morgan fingerprint density at radius 2 is 0.671 bits per heavy atom. The van der Waals surface area contributed by atoms with E-state index in [9.17, 15) is 5.26 Å².